The van der Waals surface area contributed by atoms with Crippen LogP contribution in [0.25, 0.3) is 0 Å². The zero-order valence-corrected chi connectivity index (χ0v) is 26.7. The number of nitrogens with zero attached hydrogens (tertiary/aromatic N) is 2. The SMILES string of the molecule is CCOc1ccc(N(CC(=O)N(Cc2ccccc2F)[C@H](C)C(=O)N[C@H](C)CC)S(=O)(=O)c2ccc(OC)c(OC)c2)cc1. The molecule has 0 radical (unpaired) electrons. The summed E-state index contributed by atoms with van der Waals surface area (Å²) in [5, 5.41) is 2.85. The number of benzene rings is 3. The van der Waals surface area contributed by atoms with Gasteiger partial charge < -0.3 is 24.4 Å². The molecule has 10 nitrogen and oxygen atoms in total. The molecule has 0 aliphatic heterocycles. The lowest BCUT2D eigenvalue weighted by molar-refractivity contribution is -0.139. The van der Waals surface area contributed by atoms with Crippen LogP contribution in [-0.4, -0.2) is 64.6 Å². The molecule has 44 heavy (non-hydrogen) atoms. The van der Waals surface area contributed by atoms with Crippen LogP contribution in [0.4, 0.5) is 10.1 Å². The number of anilines is 1. The maximum absolute atomic E-state index is 14.7. The van der Waals surface area contributed by atoms with Crippen molar-refractivity contribution in [1.29, 1.82) is 0 Å². The largest absolute Gasteiger partial charge is 0.494 e. The van der Waals surface area contributed by atoms with Crippen molar-refractivity contribution in [3.63, 3.8) is 0 Å². The van der Waals surface area contributed by atoms with Crippen molar-refractivity contribution >= 4 is 27.5 Å². The molecule has 238 valence electrons. The summed E-state index contributed by atoms with van der Waals surface area (Å²) in [6.07, 6.45) is 0.662. The number of rotatable bonds is 15. The van der Waals surface area contributed by atoms with Crippen LogP contribution in [0.15, 0.2) is 71.6 Å². The molecule has 0 spiro atoms. The second-order valence-corrected chi connectivity index (χ2v) is 11.9. The van der Waals surface area contributed by atoms with E-state index in [9.17, 15) is 22.4 Å². The number of ether oxygens (including phenoxy) is 3. The second kappa shape index (κ2) is 15.4. The minimum atomic E-state index is -4.38. The number of hydrogen-bond donors (Lipinski definition) is 1. The molecule has 0 saturated heterocycles. The lowest BCUT2D eigenvalue weighted by Gasteiger charge is -2.32. The van der Waals surface area contributed by atoms with Gasteiger partial charge in [-0.25, -0.2) is 12.8 Å². The molecule has 0 unspecified atom stereocenters. The van der Waals surface area contributed by atoms with E-state index in [1.807, 2.05) is 20.8 Å². The summed E-state index contributed by atoms with van der Waals surface area (Å²) in [6.45, 7) is 6.56. The summed E-state index contributed by atoms with van der Waals surface area (Å²) in [6, 6.07) is 15.1. The van der Waals surface area contributed by atoms with E-state index in [2.05, 4.69) is 5.32 Å². The fourth-order valence-electron chi connectivity index (χ4n) is 4.37. The van der Waals surface area contributed by atoms with Crippen molar-refractivity contribution in [3.05, 3.63) is 78.1 Å². The molecule has 2 amide bonds. The van der Waals surface area contributed by atoms with Gasteiger partial charge in [-0.2, -0.15) is 0 Å². The van der Waals surface area contributed by atoms with Crippen molar-refractivity contribution in [2.24, 2.45) is 0 Å². The van der Waals surface area contributed by atoms with Crippen molar-refractivity contribution < 1.29 is 36.6 Å². The molecular formula is C32H40FN3O7S. The monoisotopic (exact) mass is 629 g/mol. The van der Waals surface area contributed by atoms with Gasteiger partial charge in [-0.3, -0.25) is 13.9 Å². The van der Waals surface area contributed by atoms with Crippen LogP contribution in [-0.2, 0) is 26.2 Å². The third kappa shape index (κ3) is 8.19. The van der Waals surface area contributed by atoms with Gasteiger partial charge in [0.15, 0.2) is 11.5 Å². The molecule has 0 aliphatic carbocycles. The minimum absolute atomic E-state index is 0.153. The maximum Gasteiger partial charge on any atom is 0.264 e. The summed E-state index contributed by atoms with van der Waals surface area (Å²) in [5.74, 6) is -0.684. The molecule has 12 heteroatoms. The normalized spacial score (nSPS) is 12.5. The highest BCUT2D eigenvalue weighted by Crippen LogP contribution is 2.33. The van der Waals surface area contributed by atoms with Crippen LogP contribution in [0.5, 0.6) is 17.2 Å². The van der Waals surface area contributed by atoms with Crippen LogP contribution in [0.2, 0.25) is 0 Å². The third-order valence-electron chi connectivity index (χ3n) is 7.12. The van der Waals surface area contributed by atoms with Gasteiger partial charge in [-0.1, -0.05) is 25.1 Å². The summed E-state index contributed by atoms with van der Waals surface area (Å²) >= 11 is 0. The van der Waals surface area contributed by atoms with Crippen molar-refractivity contribution in [1.82, 2.24) is 10.2 Å². The fraction of sp³-hybridized carbons (Fsp3) is 0.375. The Morgan fingerprint density at radius 3 is 2.18 bits per heavy atom. The molecule has 3 aromatic carbocycles. The fourth-order valence-corrected chi connectivity index (χ4v) is 5.80. The molecule has 0 aromatic heterocycles. The van der Waals surface area contributed by atoms with Crippen molar-refractivity contribution in [2.75, 3.05) is 31.7 Å². The van der Waals surface area contributed by atoms with Crippen molar-refractivity contribution in [3.8, 4) is 17.2 Å². The number of carbonyl (C=O) groups is 2. The van der Waals surface area contributed by atoms with E-state index in [0.29, 0.717) is 24.5 Å². The van der Waals surface area contributed by atoms with Gasteiger partial charge in [-0.05, 0) is 69.7 Å². The number of carbonyl (C=O) groups excluding carboxylic acids is 2. The Hall–Kier alpha value is -4.32. The van der Waals surface area contributed by atoms with Crippen LogP contribution in [0.3, 0.4) is 0 Å². The number of nitrogens with one attached hydrogen (secondary N) is 1. The summed E-state index contributed by atoms with van der Waals surface area (Å²) < 4.78 is 60.1. The average Bonchev–Trinajstić information content (AvgIpc) is 3.02. The number of methoxy groups -OCH3 is 2. The molecule has 0 saturated carbocycles. The Labute approximate surface area is 258 Å². The Balaban J connectivity index is 2.09. The number of amides is 2. The van der Waals surface area contributed by atoms with E-state index in [1.54, 1.807) is 18.2 Å². The minimum Gasteiger partial charge on any atom is -0.494 e. The van der Waals surface area contributed by atoms with Crippen LogP contribution in [0.1, 0.15) is 39.7 Å². The molecule has 3 rings (SSSR count). The highest BCUT2D eigenvalue weighted by molar-refractivity contribution is 7.92. The third-order valence-corrected chi connectivity index (χ3v) is 8.89. The average molecular weight is 630 g/mol. The van der Waals surface area contributed by atoms with Crippen LogP contribution in [0, 0.1) is 5.82 Å². The van der Waals surface area contributed by atoms with Gasteiger partial charge in [0.1, 0.15) is 24.2 Å². The summed E-state index contributed by atoms with van der Waals surface area (Å²) in [5.41, 5.74) is 0.360. The lowest BCUT2D eigenvalue weighted by atomic mass is 10.1. The lowest BCUT2D eigenvalue weighted by Crippen LogP contribution is -2.52. The smallest absolute Gasteiger partial charge is 0.264 e. The van der Waals surface area contributed by atoms with Gasteiger partial charge in [-0.15, -0.1) is 0 Å². The Morgan fingerprint density at radius 2 is 1.59 bits per heavy atom. The second-order valence-electron chi connectivity index (χ2n) is 10.1. The van der Waals surface area contributed by atoms with E-state index in [1.165, 1.54) is 74.6 Å². The van der Waals surface area contributed by atoms with E-state index in [0.717, 1.165) is 4.31 Å². The molecule has 1 N–H and O–H groups in total. The quantitative estimate of drug-likeness (QED) is 0.258. The molecule has 2 atom stereocenters. The maximum atomic E-state index is 14.7. The van der Waals surface area contributed by atoms with Gasteiger partial charge in [0, 0.05) is 24.2 Å². The van der Waals surface area contributed by atoms with Crippen molar-refractivity contribution in [2.45, 2.75) is 57.6 Å². The first-order valence-electron chi connectivity index (χ1n) is 14.3. The summed E-state index contributed by atoms with van der Waals surface area (Å²) in [4.78, 5) is 28.3. The molecule has 0 heterocycles. The van der Waals surface area contributed by atoms with Gasteiger partial charge in [0.2, 0.25) is 11.8 Å². The molecule has 3 aromatic rings. The van der Waals surface area contributed by atoms with Crippen LogP contribution >= 0.6 is 0 Å². The summed E-state index contributed by atoms with van der Waals surface area (Å²) in [7, 11) is -1.57. The Morgan fingerprint density at radius 1 is 0.932 bits per heavy atom. The van der Waals surface area contributed by atoms with E-state index in [4.69, 9.17) is 14.2 Å². The number of sulfonamides is 1. The first-order chi connectivity index (χ1) is 21.0. The molecular weight excluding hydrogens is 589 g/mol. The van der Waals surface area contributed by atoms with Crippen LogP contribution < -0.4 is 23.8 Å². The zero-order chi connectivity index (χ0) is 32.4. The predicted octanol–water partition coefficient (Wildman–Crippen LogP) is 4.77. The molecule has 0 aliphatic rings. The van der Waals surface area contributed by atoms with E-state index >= 15 is 0 Å². The highest BCUT2D eigenvalue weighted by atomic mass is 32.2. The van der Waals surface area contributed by atoms with E-state index < -0.39 is 40.2 Å². The number of halogens is 1. The standard InChI is InChI=1S/C32H40FN3O7S/c1-7-22(3)34-32(38)23(4)35(20-24-11-9-10-12-28(24)33)31(37)21-36(25-13-15-26(16-14-25)43-8-2)44(39,40)27-17-18-29(41-5)30(19-27)42-6/h9-19,22-23H,7-8,20-21H2,1-6H3,(H,34,38)/t22-,23-/m1/s1. The topological polar surface area (TPSA) is 114 Å². The first kappa shape index (κ1) is 34.2. The van der Waals surface area contributed by atoms with Gasteiger partial charge in [0.05, 0.1) is 31.4 Å². The van der Waals surface area contributed by atoms with E-state index in [-0.39, 0.29) is 34.5 Å². The first-order valence-corrected chi connectivity index (χ1v) is 15.7. The molecule has 0 bridgehead atoms. The van der Waals surface area contributed by atoms with Gasteiger partial charge in [0.25, 0.3) is 10.0 Å². The Kier molecular flexibility index (Phi) is 12.0. The highest BCUT2D eigenvalue weighted by Gasteiger charge is 2.33. The number of hydrogen-bond acceptors (Lipinski definition) is 7. The Bertz CT molecular complexity index is 1530. The molecule has 0 fully saturated rings. The zero-order valence-electron chi connectivity index (χ0n) is 25.9. The van der Waals surface area contributed by atoms with Gasteiger partial charge >= 0.3 is 0 Å². The predicted molar refractivity (Wildman–Crippen MR) is 166 cm³/mol.